The van der Waals surface area contributed by atoms with Gasteiger partial charge in [-0.2, -0.15) is 0 Å². The molecule has 114 valence electrons. The molecule has 1 aromatic carbocycles. The smallest absolute Gasteiger partial charge is 0.152 e. The number of halogens is 1. The van der Waals surface area contributed by atoms with Crippen LogP contribution in [0, 0.1) is 0 Å². The van der Waals surface area contributed by atoms with Gasteiger partial charge in [-0.15, -0.1) is 0 Å². The van der Waals surface area contributed by atoms with E-state index in [1.165, 1.54) is 6.42 Å². The number of methoxy groups -OCH3 is 1. The van der Waals surface area contributed by atoms with Crippen molar-refractivity contribution in [1.29, 1.82) is 0 Å². The van der Waals surface area contributed by atoms with E-state index in [4.69, 9.17) is 20.8 Å². The average Bonchev–Trinajstić information content (AvgIpc) is 2.87. The first-order valence-corrected chi connectivity index (χ1v) is 8.04. The van der Waals surface area contributed by atoms with Gasteiger partial charge in [0, 0.05) is 12.5 Å². The lowest BCUT2D eigenvalue weighted by Gasteiger charge is -2.46. The lowest BCUT2D eigenvalue weighted by molar-refractivity contribution is -0.104. The zero-order valence-electron chi connectivity index (χ0n) is 12.6. The molecular weight excluding hydrogens is 286 g/mol. The third-order valence-corrected chi connectivity index (χ3v) is 4.83. The number of benzene rings is 1. The van der Waals surface area contributed by atoms with Gasteiger partial charge in [0.2, 0.25) is 0 Å². The van der Waals surface area contributed by atoms with Crippen molar-refractivity contribution in [1.82, 2.24) is 5.32 Å². The second-order valence-electron chi connectivity index (χ2n) is 5.82. The highest BCUT2D eigenvalue weighted by Crippen LogP contribution is 2.46. The van der Waals surface area contributed by atoms with Gasteiger partial charge in [-0.05, 0) is 44.4 Å². The predicted molar refractivity (Wildman–Crippen MR) is 85.8 cm³/mol. The van der Waals surface area contributed by atoms with Gasteiger partial charge in [0.05, 0.1) is 16.7 Å². The molecule has 1 fully saturated rings. The van der Waals surface area contributed by atoms with Crippen LogP contribution in [0.1, 0.15) is 44.4 Å². The molecule has 1 heterocycles. The lowest BCUT2D eigenvalue weighted by atomic mass is 9.73. The molecule has 0 radical (unpaired) electrons. The minimum atomic E-state index is -0.143. The summed E-state index contributed by atoms with van der Waals surface area (Å²) in [4.78, 5) is 0. The van der Waals surface area contributed by atoms with Crippen LogP contribution in [0.4, 0.5) is 0 Å². The molecule has 1 atom stereocenters. The molecule has 3 rings (SSSR count). The monoisotopic (exact) mass is 307 g/mol. The van der Waals surface area contributed by atoms with Crippen molar-refractivity contribution in [2.45, 2.75) is 44.2 Å². The first-order chi connectivity index (χ1) is 10.2. The van der Waals surface area contributed by atoms with E-state index < -0.39 is 0 Å². The molecule has 21 heavy (non-hydrogen) atoms. The maximum atomic E-state index is 6.23. The van der Waals surface area contributed by atoms with Gasteiger partial charge in [-0.25, -0.2) is 0 Å². The normalized spacial score (nSPS) is 18.6. The van der Waals surface area contributed by atoms with E-state index in [0.717, 1.165) is 42.5 Å². The maximum absolute atomic E-state index is 6.23. The minimum Gasteiger partial charge on any atom is -0.458 e. The summed E-state index contributed by atoms with van der Waals surface area (Å²) in [6.45, 7) is 3.11. The highest BCUT2D eigenvalue weighted by atomic mass is 35.5. The van der Waals surface area contributed by atoms with Crippen LogP contribution >= 0.6 is 11.6 Å². The second-order valence-corrected chi connectivity index (χ2v) is 6.22. The molecule has 2 aromatic rings. The van der Waals surface area contributed by atoms with Crippen LogP contribution in [0.15, 0.2) is 28.7 Å². The zero-order valence-corrected chi connectivity index (χ0v) is 13.4. The topological polar surface area (TPSA) is 34.4 Å². The Labute approximate surface area is 130 Å². The first kappa shape index (κ1) is 14.9. The molecule has 0 spiro atoms. The molecule has 0 saturated heterocycles. The van der Waals surface area contributed by atoms with Crippen molar-refractivity contribution >= 4 is 22.6 Å². The molecule has 0 amide bonds. The lowest BCUT2D eigenvalue weighted by Crippen LogP contribution is -2.50. The van der Waals surface area contributed by atoms with Gasteiger partial charge < -0.3 is 14.5 Å². The van der Waals surface area contributed by atoms with Crippen LogP contribution in [-0.4, -0.2) is 19.3 Å². The summed E-state index contributed by atoms with van der Waals surface area (Å²) in [6.07, 6.45) is 4.42. The quantitative estimate of drug-likeness (QED) is 0.840. The highest BCUT2D eigenvalue weighted by Gasteiger charge is 2.46. The Morgan fingerprint density at radius 3 is 2.81 bits per heavy atom. The number of ether oxygens (including phenoxy) is 1. The molecule has 0 bridgehead atoms. The van der Waals surface area contributed by atoms with Crippen LogP contribution in [0.3, 0.4) is 0 Å². The van der Waals surface area contributed by atoms with Crippen molar-refractivity contribution in [3.8, 4) is 0 Å². The fourth-order valence-corrected chi connectivity index (χ4v) is 3.38. The second kappa shape index (κ2) is 5.99. The number of para-hydroxylation sites is 1. The fourth-order valence-electron chi connectivity index (χ4n) is 3.16. The van der Waals surface area contributed by atoms with Gasteiger partial charge >= 0.3 is 0 Å². The molecule has 3 nitrogen and oxygen atoms in total. The van der Waals surface area contributed by atoms with E-state index in [1.54, 1.807) is 7.11 Å². The molecule has 4 heteroatoms. The third kappa shape index (κ3) is 2.59. The number of furan rings is 1. The molecule has 1 unspecified atom stereocenters. The number of hydrogen-bond donors (Lipinski definition) is 1. The Hall–Kier alpha value is -1.03. The molecule has 1 saturated carbocycles. The summed E-state index contributed by atoms with van der Waals surface area (Å²) < 4.78 is 11.9. The Morgan fingerprint density at radius 1 is 1.43 bits per heavy atom. The Morgan fingerprint density at radius 2 is 2.24 bits per heavy atom. The van der Waals surface area contributed by atoms with Crippen molar-refractivity contribution in [2.75, 3.05) is 13.7 Å². The minimum absolute atomic E-state index is 0.0830. The van der Waals surface area contributed by atoms with Crippen LogP contribution in [0.25, 0.3) is 11.0 Å². The molecule has 1 N–H and O–H groups in total. The van der Waals surface area contributed by atoms with E-state index >= 15 is 0 Å². The molecule has 1 aliphatic rings. The Kier molecular flexibility index (Phi) is 4.25. The van der Waals surface area contributed by atoms with E-state index in [-0.39, 0.29) is 11.6 Å². The summed E-state index contributed by atoms with van der Waals surface area (Å²) >= 11 is 6.23. The summed E-state index contributed by atoms with van der Waals surface area (Å²) in [7, 11) is 1.80. The van der Waals surface area contributed by atoms with Gasteiger partial charge in [-0.1, -0.05) is 30.7 Å². The van der Waals surface area contributed by atoms with Gasteiger partial charge in [0.25, 0.3) is 0 Å². The fraction of sp³-hybridized carbons (Fsp3) is 0.529. The summed E-state index contributed by atoms with van der Waals surface area (Å²) in [6, 6.07) is 8.02. The van der Waals surface area contributed by atoms with Crippen molar-refractivity contribution in [2.24, 2.45) is 0 Å². The third-order valence-electron chi connectivity index (χ3n) is 4.53. The zero-order chi connectivity index (χ0) is 14.9. The van der Waals surface area contributed by atoms with Crippen molar-refractivity contribution in [3.05, 3.63) is 35.0 Å². The molecular formula is C17H22ClNO2. The summed E-state index contributed by atoms with van der Waals surface area (Å²) in [5.41, 5.74) is 0.623. The van der Waals surface area contributed by atoms with E-state index in [0.29, 0.717) is 5.02 Å². The Bertz CT molecular complexity index is 613. The molecule has 1 aromatic heterocycles. The van der Waals surface area contributed by atoms with Crippen LogP contribution in [-0.2, 0) is 4.74 Å². The van der Waals surface area contributed by atoms with Gasteiger partial charge in [0.15, 0.2) is 5.58 Å². The van der Waals surface area contributed by atoms with E-state index in [9.17, 15) is 0 Å². The largest absolute Gasteiger partial charge is 0.458 e. The van der Waals surface area contributed by atoms with E-state index in [1.807, 2.05) is 18.2 Å². The predicted octanol–water partition coefficient (Wildman–Crippen LogP) is 4.70. The van der Waals surface area contributed by atoms with E-state index in [2.05, 4.69) is 18.3 Å². The van der Waals surface area contributed by atoms with Crippen LogP contribution in [0.5, 0.6) is 0 Å². The number of fused-ring (bicyclic) bond motifs is 1. The van der Waals surface area contributed by atoms with Gasteiger partial charge in [0.1, 0.15) is 5.76 Å². The van der Waals surface area contributed by atoms with Crippen LogP contribution in [0.2, 0.25) is 5.02 Å². The number of rotatable bonds is 6. The van der Waals surface area contributed by atoms with Crippen molar-refractivity contribution in [3.63, 3.8) is 0 Å². The van der Waals surface area contributed by atoms with Gasteiger partial charge in [-0.3, -0.25) is 0 Å². The number of hydrogen-bond acceptors (Lipinski definition) is 3. The standard InChI is InChI=1S/C17H22ClNO2/c1-3-10-19-16(17(20-2)8-5-9-17)14-11-12-6-4-7-13(18)15(12)21-14/h4,6-7,11,16,19H,3,5,8-10H2,1-2H3. The first-order valence-electron chi connectivity index (χ1n) is 7.66. The summed E-state index contributed by atoms with van der Waals surface area (Å²) in [5.74, 6) is 0.924. The molecule has 1 aliphatic carbocycles. The maximum Gasteiger partial charge on any atom is 0.152 e. The Balaban J connectivity index is 1.99. The van der Waals surface area contributed by atoms with Crippen molar-refractivity contribution < 1.29 is 9.15 Å². The molecule has 0 aliphatic heterocycles. The SMILES string of the molecule is CCCNC(c1cc2cccc(Cl)c2o1)C1(OC)CCC1. The number of nitrogens with one attached hydrogen (secondary N) is 1. The average molecular weight is 308 g/mol. The summed E-state index contributed by atoms with van der Waals surface area (Å²) in [5, 5.41) is 5.31. The van der Waals surface area contributed by atoms with Crippen LogP contribution < -0.4 is 5.32 Å². The highest BCUT2D eigenvalue weighted by molar-refractivity contribution is 6.34.